The van der Waals surface area contributed by atoms with Crippen molar-refractivity contribution in [2.45, 2.75) is 69.6 Å². The lowest BCUT2D eigenvalue weighted by molar-refractivity contribution is 0.0977. The second-order valence-corrected chi connectivity index (χ2v) is 9.05. The highest BCUT2D eigenvalue weighted by Gasteiger charge is 2.42. The fourth-order valence-corrected chi connectivity index (χ4v) is 5.45. The van der Waals surface area contributed by atoms with E-state index in [1.54, 1.807) is 12.1 Å². The van der Waals surface area contributed by atoms with Gasteiger partial charge in [0, 0.05) is 6.20 Å². The SMILES string of the molecule is CC1N=CN2C=CC(C3CC3)=C([C@H](O)[C@H]3CC[C@H](c4ccc(O)cc4)CC3)C12. The van der Waals surface area contributed by atoms with Gasteiger partial charge in [0.1, 0.15) is 5.75 Å². The fraction of sp³-hybridized carbons (Fsp3) is 0.542. The second kappa shape index (κ2) is 7.07. The first-order valence-electron chi connectivity index (χ1n) is 10.8. The number of aliphatic imine (C=N–C) groups is 1. The van der Waals surface area contributed by atoms with E-state index in [1.165, 1.54) is 29.6 Å². The summed E-state index contributed by atoms with van der Waals surface area (Å²) in [7, 11) is 0. The van der Waals surface area contributed by atoms with Crippen LogP contribution in [0.25, 0.3) is 0 Å². The van der Waals surface area contributed by atoms with Gasteiger partial charge >= 0.3 is 0 Å². The standard InChI is InChI=1S/C24H30N2O2/c1-15-23-22(21(18-4-5-18)12-13-26(23)14-25-15)24(28)19-6-2-16(3-7-19)17-8-10-20(27)11-9-17/h8-16,18-19,23-24,27-28H,2-7H2,1H3/t15?,16-,19-,23?,24-/m1/s1. The average Bonchev–Trinajstić information content (AvgIpc) is 3.50. The highest BCUT2D eigenvalue weighted by molar-refractivity contribution is 5.64. The van der Waals surface area contributed by atoms with Crippen LogP contribution in [0.3, 0.4) is 0 Å². The fourth-order valence-electron chi connectivity index (χ4n) is 5.45. The van der Waals surface area contributed by atoms with Gasteiger partial charge in [-0.05, 0) is 98.1 Å². The van der Waals surface area contributed by atoms with Crippen LogP contribution in [-0.2, 0) is 0 Å². The molecule has 148 valence electrons. The lowest BCUT2D eigenvalue weighted by Gasteiger charge is -2.39. The number of benzene rings is 1. The Morgan fingerprint density at radius 3 is 2.36 bits per heavy atom. The summed E-state index contributed by atoms with van der Waals surface area (Å²) in [5.41, 5.74) is 3.96. The van der Waals surface area contributed by atoms with E-state index in [2.05, 4.69) is 29.1 Å². The summed E-state index contributed by atoms with van der Waals surface area (Å²) >= 11 is 0. The molecule has 4 heteroatoms. The zero-order valence-electron chi connectivity index (χ0n) is 16.5. The third-order valence-corrected chi connectivity index (χ3v) is 7.21. The van der Waals surface area contributed by atoms with E-state index in [0.29, 0.717) is 23.5 Å². The molecule has 3 atom stereocenters. The summed E-state index contributed by atoms with van der Waals surface area (Å²) in [6.45, 7) is 2.17. The molecule has 4 nitrogen and oxygen atoms in total. The molecular formula is C24H30N2O2. The van der Waals surface area contributed by atoms with Gasteiger partial charge in [0.25, 0.3) is 0 Å². The maximum atomic E-state index is 11.5. The van der Waals surface area contributed by atoms with Crippen molar-refractivity contribution >= 4 is 6.34 Å². The number of aliphatic hydroxyl groups excluding tert-OH is 1. The number of rotatable bonds is 4. The minimum Gasteiger partial charge on any atom is -0.508 e. The normalized spacial score (nSPS) is 33.3. The van der Waals surface area contributed by atoms with Crippen molar-refractivity contribution in [2.75, 3.05) is 0 Å². The molecule has 2 unspecified atom stereocenters. The van der Waals surface area contributed by atoms with Gasteiger partial charge in [-0.2, -0.15) is 0 Å². The van der Waals surface area contributed by atoms with E-state index in [4.69, 9.17) is 0 Å². The molecule has 28 heavy (non-hydrogen) atoms. The van der Waals surface area contributed by atoms with Crippen molar-refractivity contribution in [3.8, 4) is 5.75 Å². The van der Waals surface area contributed by atoms with Crippen molar-refractivity contribution in [2.24, 2.45) is 16.8 Å². The van der Waals surface area contributed by atoms with E-state index in [9.17, 15) is 10.2 Å². The molecule has 0 radical (unpaired) electrons. The minimum absolute atomic E-state index is 0.199. The Kier molecular flexibility index (Phi) is 4.54. The maximum Gasteiger partial charge on any atom is 0.115 e. The summed E-state index contributed by atoms with van der Waals surface area (Å²) in [6, 6.07) is 8.07. The summed E-state index contributed by atoms with van der Waals surface area (Å²) in [6.07, 6.45) is 12.8. The number of hydrogen-bond donors (Lipinski definition) is 2. The van der Waals surface area contributed by atoms with Crippen LogP contribution in [0.4, 0.5) is 0 Å². The average molecular weight is 379 g/mol. The molecule has 2 saturated carbocycles. The molecule has 2 aliphatic heterocycles. The monoisotopic (exact) mass is 378 g/mol. The van der Waals surface area contributed by atoms with Gasteiger partial charge in [-0.1, -0.05) is 12.1 Å². The zero-order chi connectivity index (χ0) is 19.3. The number of nitrogens with zero attached hydrogens (tertiary/aromatic N) is 2. The smallest absolute Gasteiger partial charge is 0.115 e. The number of phenols is 1. The lowest BCUT2D eigenvalue weighted by atomic mass is 9.73. The Balaban J connectivity index is 1.33. The first kappa shape index (κ1) is 18.0. The van der Waals surface area contributed by atoms with Crippen LogP contribution < -0.4 is 0 Å². The summed E-state index contributed by atoms with van der Waals surface area (Å²) in [4.78, 5) is 6.81. The van der Waals surface area contributed by atoms with Crippen molar-refractivity contribution < 1.29 is 10.2 Å². The molecule has 0 saturated heterocycles. The largest absolute Gasteiger partial charge is 0.508 e. The lowest BCUT2D eigenvalue weighted by Crippen LogP contribution is -2.43. The topological polar surface area (TPSA) is 56.1 Å². The number of aromatic hydroxyl groups is 1. The first-order chi connectivity index (χ1) is 13.6. The van der Waals surface area contributed by atoms with E-state index in [0.717, 1.165) is 25.7 Å². The van der Waals surface area contributed by atoms with Crippen LogP contribution in [0.1, 0.15) is 56.9 Å². The molecular weight excluding hydrogens is 348 g/mol. The highest BCUT2D eigenvalue weighted by atomic mass is 16.3. The summed E-state index contributed by atoms with van der Waals surface area (Å²) in [5, 5.41) is 21.0. The summed E-state index contributed by atoms with van der Waals surface area (Å²) in [5.74, 6) is 1.84. The predicted molar refractivity (Wildman–Crippen MR) is 111 cm³/mol. The van der Waals surface area contributed by atoms with Gasteiger partial charge < -0.3 is 15.1 Å². The minimum atomic E-state index is -0.363. The van der Waals surface area contributed by atoms with Crippen molar-refractivity contribution in [3.63, 3.8) is 0 Å². The van der Waals surface area contributed by atoms with Crippen LogP contribution in [0.5, 0.6) is 5.75 Å². The third-order valence-electron chi connectivity index (χ3n) is 7.21. The Bertz CT molecular complexity index is 814. The Morgan fingerprint density at radius 2 is 1.68 bits per heavy atom. The molecule has 0 bridgehead atoms. The van der Waals surface area contributed by atoms with E-state index < -0.39 is 0 Å². The first-order valence-corrected chi connectivity index (χ1v) is 10.8. The van der Waals surface area contributed by atoms with Crippen LogP contribution in [-0.4, -0.2) is 39.6 Å². The molecule has 5 rings (SSSR count). The number of fused-ring (bicyclic) bond motifs is 1. The Hall–Kier alpha value is -2.07. The van der Waals surface area contributed by atoms with E-state index >= 15 is 0 Å². The molecule has 2 fully saturated rings. The quantitative estimate of drug-likeness (QED) is 0.818. The van der Waals surface area contributed by atoms with Crippen molar-refractivity contribution in [3.05, 3.63) is 53.3 Å². The summed E-state index contributed by atoms with van der Waals surface area (Å²) < 4.78 is 0. The van der Waals surface area contributed by atoms with Crippen molar-refractivity contribution in [1.82, 2.24) is 4.90 Å². The molecule has 4 aliphatic rings. The Morgan fingerprint density at radius 1 is 1.00 bits per heavy atom. The third kappa shape index (κ3) is 3.18. The maximum absolute atomic E-state index is 11.5. The number of phenolic OH excluding ortho intramolecular Hbond substituents is 1. The number of aliphatic hydroxyl groups is 1. The van der Waals surface area contributed by atoms with Gasteiger partial charge in [0.2, 0.25) is 0 Å². The van der Waals surface area contributed by atoms with E-state index in [-0.39, 0.29) is 18.2 Å². The molecule has 2 heterocycles. The molecule has 0 amide bonds. The van der Waals surface area contributed by atoms with Gasteiger partial charge in [-0.25, -0.2) is 0 Å². The molecule has 2 N–H and O–H groups in total. The molecule has 0 aromatic heterocycles. The second-order valence-electron chi connectivity index (χ2n) is 9.05. The molecule has 1 aromatic rings. The molecule has 1 aromatic carbocycles. The molecule has 2 aliphatic carbocycles. The highest BCUT2D eigenvalue weighted by Crippen LogP contribution is 2.46. The van der Waals surface area contributed by atoms with E-state index in [1.807, 2.05) is 18.5 Å². The van der Waals surface area contributed by atoms with Gasteiger partial charge in [0.05, 0.1) is 24.5 Å². The van der Waals surface area contributed by atoms with Crippen molar-refractivity contribution in [1.29, 1.82) is 0 Å². The number of allylic oxidation sites excluding steroid dienone is 2. The van der Waals surface area contributed by atoms with Gasteiger partial charge in [-0.15, -0.1) is 0 Å². The molecule has 0 spiro atoms. The zero-order valence-corrected chi connectivity index (χ0v) is 16.5. The van der Waals surface area contributed by atoms with Crippen LogP contribution in [0.2, 0.25) is 0 Å². The van der Waals surface area contributed by atoms with Crippen LogP contribution in [0.15, 0.2) is 52.7 Å². The van der Waals surface area contributed by atoms with Gasteiger partial charge in [0.15, 0.2) is 0 Å². The number of hydrogen-bond acceptors (Lipinski definition) is 4. The Labute approximate surface area is 167 Å². The van der Waals surface area contributed by atoms with Crippen LogP contribution >= 0.6 is 0 Å². The predicted octanol–water partition coefficient (Wildman–Crippen LogP) is 4.36. The van der Waals surface area contributed by atoms with Gasteiger partial charge in [-0.3, -0.25) is 4.99 Å². The van der Waals surface area contributed by atoms with Crippen LogP contribution in [0, 0.1) is 11.8 Å².